The van der Waals surface area contributed by atoms with Gasteiger partial charge < -0.3 is 19.7 Å². The quantitative estimate of drug-likeness (QED) is 0.934. The van der Waals surface area contributed by atoms with Crippen molar-refractivity contribution >= 4 is 5.69 Å². The van der Waals surface area contributed by atoms with Crippen molar-refractivity contribution in [1.82, 2.24) is 10.3 Å². The van der Waals surface area contributed by atoms with Gasteiger partial charge in [-0.2, -0.15) is 0 Å². The zero-order valence-electron chi connectivity index (χ0n) is 12.1. The van der Waals surface area contributed by atoms with Crippen LogP contribution in [0.4, 0.5) is 5.69 Å². The summed E-state index contributed by atoms with van der Waals surface area (Å²) in [5, 5.41) is 3.36. The monoisotopic (exact) mass is 285 g/mol. The number of hydrogen-bond donors (Lipinski definition) is 1. The second kappa shape index (κ2) is 6.45. The van der Waals surface area contributed by atoms with E-state index in [0.717, 1.165) is 37.7 Å². The first kappa shape index (κ1) is 13.7. The number of ether oxygens (including phenoxy) is 2. The largest absolute Gasteiger partial charge is 0.481 e. The van der Waals surface area contributed by atoms with E-state index in [1.165, 1.54) is 5.69 Å². The van der Waals surface area contributed by atoms with Crippen molar-refractivity contribution in [1.29, 1.82) is 0 Å². The minimum atomic E-state index is 0.546. The topological polar surface area (TPSA) is 46.6 Å². The minimum Gasteiger partial charge on any atom is -0.481 e. The van der Waals surface area contributed by atoms with Crippen LogP contribution in [0.2, 0.25) is 0 Å². The first-order valence-corrected chi connectivity index (χ1v) is 7.09. The number of pyridine rings is 1. The molecule has 2 heterocycles. The van der Waals surface area contributed by atoms with Crippen LogP contribution in [0.15, 0.2) is 42.6 Å². The maximum Gasteiger partial charge on any atom is 0.216 e. The minimum absolute atomic E-state index is 0.546. The number of rotatable bonds is 4. The Bertz CT molecular complexity index is 580. The first-order valence-electron chi connectivity index (χ1n) is 7.09. The average molecular weight is 285 g/mol. The highest BCUT2D eigenvalue weighted by molar-refractivity contribution is 5.50. The van der Waals surface area contributed by atoms with Gasteiger partial charge in [-0.1, -0.05) is 0 Å². The summed E-state index contributed by atoms with van der Waals surface area (Å²) in [5.41, 5.74) is 1.23. The standard InChI is InChI=1S/C16H19N3O2/c1-20-16-12-15(6-7-18-16)21-14-4-2-13(3-5-14)19-10-8-17-9-11-19/h2-7,12,17H,8-11H2,1H3. The maximum atomic E-state index is 5.81. The van der Waals surface area contributed by atoms with Gasteiger partial charge in [0.2, 0.25) is 5.88 Å². The first-order chi connectivity index (χ1) is 10.3. The molecule has 0 spiro atoms. The van der Waals surface area contributed by atoms with Crippen LogP contribution in [0.5, 0.6) is 17.4 Å². The summed E-state index contributed by atoms with van der Waals surface area (Å²) in [6.45, 7) is 4.16. The molecule has 0 aliphatic carbocycles. The Hall–Kier alpha value is -2.27. The van der Waals surface area contributed by atoms with Gasteiger partial charge in [-0.3, -0.25) is 0 Å². The highest BCUT2D eigenvalue weighted by Gasteiger charge is 2.10. The predicted octanol–water partition coefficient (Wildman–Crippen LogP) is 2.29. The average Bonchev–Trinajstić information content (AvgIpc) is 2.56. The molecule has 1 aliphatic heterocycles. The van der Waals surface area contributed by atoms with E-state index >= 15 is 0 Å². The van der Waals surface area contributed by atoms with Crippen molar-refractivity contribution in [2.75, 3.05) is 38.2 Å². The predicted molar refractivity (Wildman–Crippen MR) is 82.4 cm³/mol. The summed E-state index contributed by atoms with van der Waals surface area (Å²) < 4.78 is 10.9. The van der Waals surface area contributed by atoms with E-state index in [0.29, 0.717) is 5.88 Å². The number of piperazine rings is 1. The second-order valence-electron chi connectivity index (χ2n) is 4.87. The van der Waals surface area contributed by atoms with Crippen LogP contribution in [-0.4, -0.2) is 38.3 Å². The van der Waals surface area contributed by atoms with Crippen LogP contribution in [-0.2, 0) is 0 Å². The molecule has 21 heavy (non-hydrogen) atoms. The highest BCUT2D eigenvalue weighted by Crippen LogP contribution is 2.26. The van der Waals surface area contributed by atoms with Gasteiger partial charge in [0, 0.05) is 44.1 Å². The van der Waals surface area contributed by atoms with E-state index in [-0.39, 0.29) is 0 Å². The number of hydrogen-bond acceptors (Lipinski definition) is 5. The van der Waals surface area contributed by atoms with Gasteiger partial charge in [-0.15, -0.1) is 0 Å². The number of methoxy groups -OCH3 is 1. The lowest BCUT2D eigenvalue weighted by atomic mass is 10.2. The fraction of sp³-hybridized carbons (Fsp3) is 0.312. The number of anilines is 1. The molecule has 0 radical (unpaired) electrons. The third-order valence-corrected chi connectivity index (χ3v) is 3.47. The molecule has 0 bridgehead atoms. The van der Waals surface area contributed by atoms with Crippen LogP contribution in [0, 0.1) is 0 Å². The molecule has 1 aromatic carbocycles. The molecular weight excluding hydrogens is 266 g/mol. The summed E-state index contributed by atoms with van der Waals surface area (Å²) in [5.74, 6) is 2.07. The van der Waals surface area contributed by atoms with Crippen LogP contribution in [0.3, 0.4) is 0 Å². The summed E-state index contributed by atoms with van der Waals surface area (Å²) in [4.78, 5) is 6.43. The third kappa shape index (κ3) is 3.44. The second-order valence-corrected chi connectivity index (χ2v) is 4.87. The Kier molecular flexibility index (Phi) is 4.21. The summed E-state index contributed by atoms with van der Waals surface area (Å²) >= 11 is 0. The Balaban J connectivity index is 1.68. The molecule has 0 atom stereocenters. The SMILES string of the molecule is COc1cc(Oc2ccc(N3CCNCC3)cc2)ccn1. The molecule has 0 amide bonds. The normalized spacial score (nSPS) is 14.8. The molecule has 1 aliphatic rings. The van der Waals surface area contributed by atoms with Gasteiger partial charge in [-0.05, 0) is 30.3 Å². The fourth-order valence-corrected chi connectivity index (χ4v) is 2.35. The number of nitrogens with zero attached hydrogens (tertiary/aromatic N) is 2. The van der Waals surface area contributed by atoms with E-state index in [9.17, 15) is 0 Å². The zero-order chi connectivity index (χ0) is 14.5. The number of nitrogens with one attached hydrogen (secondary N) is 1. The molecule has 3 rings (SSSR count). The van der Waals surface area contributed by atoms with Crippen LogP contribution in [0.25, 0.3) is 0 Å². The van der Waals surface area contributed by atoms with Crippen LogP contribution < -0.4 is 19.7 Å². The van der Waals surface area contributed by atoms with Crippen molar-refractivity contribution in [3.8, 4) is 17.4 Å². The van der Waals surface area contributed by atoms with E-state index in [1.54, 1.807) is 19.4 Å². The van der Waals surface area contributed by atoms with Crippen molar-refractivity contribution < 1.29 is 9.47 Å². The Morgan fingerprint density at radius 2 is 1.81 bits per heavy atom. The maximum absolute atomic E-state index is 5.81. The smallest absolute Gasteiger partial charge is 0.216 e. The fourth-order valence-electron chi connectivity index (χ4n) is 2.35. The molecule has 1 saturated heterocycles. The molecule has 1 N–H and O–H groups in total. The Morgan fingerprint density at radius 1 is 1.05 bits per heavy atom. The van der Waals surface area contributed by atoms with Gasteiger partial charge in [0.25, 0.3) is 0 Å². The van der Waals surface area contributed by atoms with Gasteiger partial charge in [0.15, 0.2) is 0 Å². The highest BCUT2D eigenvalue weighted by atomic mass is 16.5. The summed E-state index contributed by atoms with van der Waals surface area (Å²) in [6.07, 6.45) is 1.67. The zero-order valence-corrected chi connectivity index (χ0v) is 12.1. The molecule has 110 valence electrons. The molecule has 5 heteroatoms. The van der Waals surface area contributed by atoms with Gasteiger partial charge >= 0.3 is 0 Å². The number of benzene rings is 1. The summed E-state index contributed by atoms with van der Waals surface area (Å²) in [7, 11) is 1.59. The van der Waals surface area contributed by atoms with Crippen molar-refractivity contribution in [3.63, 3.8) is 0 Å². The lowest BCUT2D eigenvalue weighted by molar-refractivity contribution is 0.392. The molecule has 0 unspecified atom stereocenters. The van der Waals surface area contributed by atoms with Crippen LogP contribution in [0.1, 0.15) is 0 Å². The third-order valence-electron chi connectivity index (χ3n) is 3.47. The number of aromatic nitrogens is 1. The van der Waals surface area contributed by atoms with Gasteiger partial charge in [-0.25, -0.2) is 4.98 Å². The molecule has 1 aromatic heterocycles. The van der Waals surface area contributed by atoms with E-state index in [2.05, 4.69) is 27.3 Å². The lowest BCUT2D eigenvalue weighted by Crippen LogP contribution is -2.43. The van der Waals surface area contributed by atoms with E-state index < -0.39 is 0 Å². The molecular formula is C16H19N3O2. The summed E-state index contributed by atoms with van der Waals surface area (Å²) in [6, 6.07) is 11.8. The van der Waals surface area contributed by atoms with Crippen molar-refractivity contribution in [2.45, 2.75) is 0 Å². The van der Waals surface area contributed by atoms with E-state index in [1.807, 2.05) is 18.2 Å². The van der Waals surface area contributed by atoms with Crippen LogP contribution >= 0.6 is 0 Å². The van der Waals surface area contributed by atoms with Gasteiger partial charge in [0.1, 0.15) is 11.5 Å². The Labute approximate surface area is 124 Å². The molecule has 0 saturated carbocycles. The lowest BCUT2D eigenvalue weighted by Gasteiger charge is -2.29. The van der Waals surface area contributed by atoms with E-state index in [4.69, 9.17) is 9.47 Å². The molecule has 1 fully saturated rings. The Morgan fingerprint density at radius 3 is 2.52 bits per heavy atom. The van der Waals surface area contributed by atoms with Gasteiger partial charge in [0.05, 0.1) is 7.11 Å². The van der Waals surface area contributed by atoms with Crippen molar-refractivity contribution in [2.24, 2.45) is 0 Å². The molecule has 2 aromatic rings. The molecule has 5 nitrogen and oxygen atoms in total. The van der Waals surface area contributed by atoms with Crippen molar-refractivity contribution in [3.05, 3.63) is 42.6 Å².